The lowest BCUT2D eigenvalue weighted by Gasteiger charge is -2.07. The smallest absolute Gasteiger partial charge is 0.244 e. The zero-order valence-corrected chi connectivity index (χ0v) is 11.2. The number of aliphatic hydroxyl groups excluding tert-OH is 1. The highest BCUT2D eigenvalue weighted by Crippen LogP contribution is 2.11. The van der Waals surface area contributed by atoms with Crippen LogP contribution in [0.15, 0.2) is 24.3 Å². The molecular formula is C15H21NO2. The van der Waals surface area contributed by atoms with Crippen molar-refractivity contribution in [3.8, 4) is 0 Å². The lowest BCUT2D eigenvalue weighted by Crippen LogP contribution is -2.27. The second-order valence-electron chi connectivity index (χ2n) is 4.73. The van der Waals surface area contributed by atoms with E-state index in [9.17, 15) is 4.79 Å². The third-order valence-corrected chi connectivity index (χ3v) is 2.78. The van der Waals surface area contributed by atoms with Crippen molar-refractivity contribution in [3.63, 3.8) is 0 Å². The first-order valence-corrected chi connectivity index (χ1v) is 6.17. The third-order valence-electron chi connectivity index (χ3n) is 2.78. The van der Waals surface area contributed by atoms with E-state index in [0.717, 1.165) is 11.1 Å². The molecule has 0 aliphatic carbocycles. The maximum Gasteiger partial charge on any atom is 0.244 e. The summed E-state index contributed by atoms with van der Waals surface area (Å²) in [6, 6.07) is 6.12. The third kappa shape index (κ3) is 4.72. The lowest BCUT2D eigenvalue weighted by atomic mass is 10.1. The van der Waals surface area contributed by atoms with Crippen molar-refractivity contribution < 1.29 is 9.90 Å². The first-order chi connectivity index (χ1) is 8.52. The van der Waals surface area contributed by atoms with Crippen LogP contribution in [-0.2, 0) is 4.79 Å². The summed E-state index contributed by atoms with van der Waals surface area (Å²) in [5.41, 5.74) is 3.42. The summed E-state index contributed by atoms with van der Waals surface area (Å²) < 4.78 is 0. The van der Waals surface area contributed by atoms with Crippen LogP contribution in [0.3, 0.4) is 0 Å². The molecular weight excluding hydrogens is 226 g/mol. The molecule has 1 amide bonds. The van der Waals surface area contributed by atoms with Gasteiger partial charge in [0.15, 0.2) is 0 Å². The molecule has 1 atom stereocenters. The van der Waals surface area contributed by atoms with Crippen LogP contribution in [0.25, 0.3) is 6.08 Å². The zero-order valence-electron chi connectivity index (χ0n) is 11.2. The van der Waals surface area contributed by atoms with Gasteiger partial charge in [0.2, 0.25) is 5.91 Å². The molecule has 0 saturated carbocycles. The lowest BCUT2D eigenvalue weighted by molar-refractivity contribution is -0.116. The van der Waals surface area contributed by atoms with Crippen molar-refractivity contribution in [2.75, 3.05) is 13.2 Å². The molecule has 0 saturated heterocycles. The SMILES string of the molecule is Cc1ccc(C=CC(=O)NCC(C)CO)c(C)c1. The van der Waals surface area contributed by atoms with Crippen LogP contribution in [0.1, 0.15) is 23.6 Å². The van der Waals surface area contributed by atoms with Gasteiger partial charge in [0.1, 0.15) is 0 Å². The molecule has 18 heavy (non-hydrogen) atoms. The first-order valence-electron chi connectivity index (χ1n) is 6.17. The molecule has 0 aromatic heterocycles. The first kappa shape index (κ1) is 14.5. The Morgan fingerprint density at radius 3 is 2.78 bits per heavy atom. The summed E-state index contributed by atoms with van der Waals surface area (Å²) in [7, 11) is 0. The van der Waals surface area contributed by atoms with Crippen LogP contribution in [0.4, 0.5) is 0 Å². The summed E-state index contributed by atoms with van der Waals surface area (Å²) in [4.78, 5) is 11.5. The number of amides is 1. The molecule has 0 radical (unpaired) electrons. The number of nitrogens with one attached hydrogen (secondary N) is 1. The van der Waals surface area contributed by atoms with E-state index < -0.39 is 0 Å². The molecule has 0 fully saturated rings. The summed E-state index contributed by atoms with van der Waals surface area (Å²) in [6.07, 6.45) is 3.34. The van der Waals surface area contributed by atoms with E-state index in [4.69, 9.17) is 5.11 Å². The normalized spacial score (nSPS) is 12.7. The predicted molar refractivity (Wildman–Crippen MR) is 74.2 cm³/mol. The maximum absolute atomic E-state index is 11.5. The Labute approximate surface area is 109 Å². The van der Waals surface area contributed by atoms with E-state index in [1.807, 2.05) is 39.0 Å². The highest BCUT2D eigenvalue weighted by Gasteiger charge is 2.01. The monoisotopic (exact) mass is 247 g/mol. The average molecular weight is 247 g/mol. The van der Waals surface area contributed by atoms with E-state index in [2.05, 4.69) is 11.4 Å². The van der Waals surface area contributed by atoms with Crippen LogP contribution in [0.2, 0.25) is 0 Å². The summed E-state index contributed by atoms with van der Waals surface area (Å²) in [5.74, 6) is -0.0428. The number of hydrogen-bond acceptors (Lipinski definition) is 2. The second kappa shape index (κ2) is 6.97. The fourth-order valence-corrected chi connectivity index (χ4v) is 1.58. The van der Waals surface area contributed by atoms with Gasteiger partial charge < -0.3 is 10.4 Å². The Hall–Kier alpha value is -1.61. The molecule has 1 unspecified atom stereocenters. The van der Waals surface area contributed by atoms with Crippen molar-refractivity contribution in [2.24, 2.45) is 5.92 Å². The Bertz CT molecular complexity index is 438. The van der Waals surface area contributed by atoms with Crippen LogP contribution >= 0.6 is 0 Å². The Balaban J connectivity index is 2.55. The van der Waals surface area contributed by atoms with E-state index in [0.29, 0.717) is 6.54 Å². The van der Waals surface area contributed by atoms with Crippen LogP contribution in [0, 0.1) is 19.8 Å². The molecule has 1 aromatic carbocycles. The van der Waals surface area contributed by atoms with Gasteiger partial charge in [-0.3, -0.25) is 4.79 Å². The van der Waals surface area contributed by atoms with Gasteiger partial charge in [-0.05, 0) is 37.0 Å². The van der Waals surface area contributed by atoms with E-state index in [-0.39, 0.29) is 18.4 Å². The number of benzene rings is 1. The minimum atomic E-state index is -0.129. The zero-order chi connectivity index (χ0) is 13.5. The van der Waals surface area contributed by atoms with Crippen molar-refractivity contribution in [3.05, 3.63) is 41.0 Å². The fraction of sp³-hybridized carbons (Fsp3) is 0.400. The molecule has 1 rings (SSSR count). The molecule has 98 valence electrons. The number of rotatable bonds is 5. The quantitative estimate of drug-likeness (QED) is 0.782. The summed E-state index contributed by atoms with van der Waals surface area (Å²) in [6.45, 7) is 6.53. The second-order valence-corrected chi connectivity index (χ2v) is 4.73. The molecule has 1 aromatic rings. The molecule has 2 N–H and O–H groups in total. The molecule has 0 aliphatic heterocycles. The standard InChI is InChI=1S/C15H21NO2/c1-11-4-5-14(13(3)8-11)6-7-15(18)16-9-12(2)10-17/h4-8,12,17H,9-10H2,1-3H3,(H,16,18). The number of carbonyl (C=O) groups is 1. The van der Waals surface area contributed by atoms with Gasteiger partial charge in [0, 0.05) is 19.2 Å². The van der Waals surface area contributed by atoms with Gasteiger partial charge in [0.05, 0.1) is 0 Å². The Morgan fingerprint density at radius 1 is 1.44 bits per heavy atom. The number of aliphatic hydroxyl groups is 1. The van der Waals surface area contributed by atoms with Gasteiger partial charge in [-0.2, -0.15) is 0 Å². The van der Waals surface area contributed by atoms with E-state index in [1.165, 1.54) is 11.6 Å². The summed E-state index contributed by atoms with van der Waals surface area (Å²) in [5, 5.41) is 11.6. The highest BCUT2D eigenvalue weighted by molar-refractivity contribution is 5.91. The molecule has 0 spiro atoms. The molecule has 0 aliphatic rings. The minimum Gasteiger partial charge on any atom is -0.396 e. The van der Waals surface area contributed by atoms with Gasteiger partial charge >= 0.3 is 0 Å². The number of aryl methyl sites for hydroxylation is 2. The number of carbonyl (C=O) groups excluding carboxylic acids is 1. The van der Waals surface area contributed by atoms with Crippen molar-refractivity contribution in [1.29, 1.82) is 0 Å². The van der Waals surface area contributed by atoms with Gasteiger partial charge in [-0.25, -0.2) is 0 Å². The van der Waals surface area contributed by atoms with Crippen molar-refractivity contribution in [2.45, 2.75) is 20.8 Å². The number of hydrogen-bond donors (Lipinski definition) is 2. The van der Waals surface area contributed by atoms with Crippen molar-refractivity contribution in [1.82, 2.24) is 5.32 Å². The fourth-order valence-electron chi connectivity index (χ4n) is 1.58. The Morgan fingerprint density at radius 2 is 2.17 bits per heavy atom. The van der Waals surface area contributed by atoms with Crippen LogP contribution < -0.4 is 5.32 Å². The average Bonchev–Trinajstić information content (AvgIpc) is 2.34. The van der Waals surface area contributed by atoms with Gasteiger partial charge in [-0.1, -0.05) is 30.7 Å². The van der Waals surface area contributed by atoms with Crippen molar-refractivity contribution >= 4 is 12.0 Å². The molecule has 0 heterocycles. The molecule has 3 heteroatoms. The van der Waals surface area contributed by atoms with E-state index >= 15 is 0 Å². The van der Waals surface area contributed by atoms with Gasteiger partial charge in [-0.15, -0.1) is 0 Å². The van der Waals surface area contributed by atoms with Crippen LogP contribution in [0.5, 0.6) is 0 Å². The molecule has 3 nitrogen and oxygen atoms in total. The predicted octanol–water partition coefficient (Wildman–Crippen LogP) is 2.06. The minimum absolute atomic E-state index is 0.0844. The summed E-state index contributed by atoms with van der Waals surface area (Å²) >= 11 is 0. The molecule has 0 bridgehead atoms. The Kier molecular flexibility index (Phi) is 5.59. The topological polar surface area (TPSA) is 49.3 Å². The van der Waals surface area contributed by atoms with Gasteiger partial charge in [0.25, 0.3) is 0 Å². The van der Waals surface area contributed by atoms with Crippen LogP contribution in [-0.4, -0.2) is 24.2 Å². The highest BCUT2D eigenvalue weighted by atomic mass is 16.3. The largest absolute Gasteiger partial charge is 0.396 e. The maximum atomic E-state index is 11.5. The van der Waals surface area contributed by atoms with E-state index in [1.54, 1.807) is 0 Å².